The smallest absolute Gasteiger partial charge is 0.271 e. The number of benzene rings is 2. The summed E-state index contributed by atoms with van der Waals surface area (Å²) < 4.78 is 0. The van der Waals surface area contributed by atoms with Gasteiger partial charge in [0.2, 0.25) is 0 Å². The molecule has 3 N–H and O–H groups in total. The highest BCUT2D eigenvalue weighted by molar-refractivity contribution is 7.80. The Hall–Kier alpha value is -2.67. The molecule has 0 heterocycles. The number of hydrogen-bond donors (Lipinski definition) is 3. The lowest BCUT2D eigenvalue weighted by molar-refractivity contribution is -0.384. The first-order chi connectivity index (χ1) is 9.95. The van der Waals surface area contributed by atoms with Crippen LogP contribution in [-0.4, -0.2) is 15.1 Å². The summed E-state index contributed by atoms with van der Waals surface area (Å²) in [5.41, 5.74) is 2.09. The lowest BCUT2D eigenvalue weighted by Crippen LogP contribution is -2.19. The second-order valence-electron chi connectivity index (χ2n) is 4.39. The van der Waals surface area contributed by atoms with Crippen molar-refractivity contribution in [3.05, 3.63) is 58.1 Å². The molecule has 21 heavy (non-hydrogen) atoms. The molecule has 7 heteroatoms. The molecule has 0 atom stereocenters. The zero-order valence-corrected chi connectivity index (χ0v) is 12.0. The molecule has 0 saturated heterocycles. The Bertz CT molecular complexity index is 704. The topological polar surface area (TPSA) is 87.4 Å². The molecule has 0 aliphatic heterocycles. The maximum Gasteiger partial charge on any atom is 0.271 e. The van der Waals surface area contributed by atoms with E-state index in [2.05, 4.69) is 10.6 Å². The first kappa shape index (κ1) is 14.7. The Morgan fingerprint density at radius 2 is 2.00 bits per heavy atom. The third kappa shape index (κ3) is 3.90. The molecule has 108 valence electrons. The Morgan fingerprint density at radius 3 is 2.67 bits per heavy atom. The molecular weight excluding hydrogens is 290 g/mol. The number of nitro groups is 1. The van der Waals surface area contributed by atoms with Crippen molar-refractivity contribution >= 4 is 34.4 Å². The number of phenols is 1. The molecule has 0 fully saturated rings. The monoisotopic (exact) mass is 303 g/mol. The maximum absolute atomic E-state index is 10.7. The van der Waals surface area contributed by atoms with Crippen LogP contribution in [0.5, 0.6) is 5.75 Å². The van der Waals surface area contributed by atoms with Crippen LogP contribution < -0.4 is 10.6 Å². The van der Waals surface area contributed by atoms with Gasteiger partial charge >= 0.3 is 0 Å². The number of thiocarbonyl (C=S) groups is 1. The van der Waals surface area contributed by atoms with Gasteiger partial charge in [0.05, 0.1) is 4.92 Å². The average molecular weight is 303 g/mol. The van der Waals surface area contributed by atoms with Crippen molar-refractivity contribution in [3.8, 4) is 5.75 Å². The quantitative estimate of drug-likeness (QED) is 0.348. The summed E-state index contributed by atoms with van der Waals surface area (Å²) in [6, 6.07) is 10.9. The van der Waals surface area contributed by atoms with Crippen LogP contribution in [0.4, 0.5) is 17.1 Å². The standard InChI is InChI=1S/C14H13N3O3S/c1-9-7-12(18)5-6-13(9)16-14(21)15-10-3-2-4-11(8-10)17(19)20/h2-8,18H,1H3,(H2,15,16,21). The Morgan fingerprint density at radius 1 is 1.24 bits per heavy atom. The fourth-order valence-electron chi connectivity index (χ4n) is 1.77. The molecule has 0 unspecified atom stereocenters. The van der Waals surface area contributed by atoms with E-state index in [0.717, 1.165) is 11.3 Å². The number of nitrogens with one attached hydrogen (secondary N) is 2. The van der Waals surface area contributed by atoms with Crippen LogP contribution >= 0.6 is 12.2 Å². The number of phenolic OH excluding ortho intramolecular Hbond substituents is 1. The third-order valence-corrected chi connectivity index (χ3v) is 2.98. The lowest BCUT2D eigenvalue weighted by atomic mass is 10.2. The van der Waals surface area contributed by atoms with Gasteiger partial charge in [0, 0.05) is 23.5 Å². The SMILES string of the molecule is Cc1cc(O)ccc1NC(=S)Nc1cccc([N+](=O)[O-])c1. The predicted molar refractivity (Wildman–Crippen MR) is 85.8 cm³/mol. The van der Waals surface area contributed by atoms with E-state index in [1.54, 1.807) is 30.3 Å². The van der Waals surface area contributed by atoms with E-state index in [4.69, 9.17) is 12.2 Å². The van der Waals surface area contributed by atoms with Crippen LogP contribution in [-0.2, 0) is 0 Å². The molecule has 2 aromatic carbocycles. The number of aromatic hydroxyl groups is 1. The molecule has 2 aromatic rings. The number of non-ortho nitro benzene ring substituents is 1. The van der Waals surface area contributed by atoms with Crippen molar-refractivity contribution in [2.45, 2.75) is 6.92 Å². The van der Waals surface area contributed by atoms with Crippen molar-refractivity contribution in [3.63, 3.8) is 0 Å². The van der Waals surface area contributed by atoms with Gasteiger partial charge in [-0.05, 0) is 49.0 Å². The second kappa shape index (κ2) is 6.19. The number of nitro benzene ring substituents is 1. The van der Waals surface area contributed by atoms with E-state index in [-0.39, 0.29) is 11.4 Å². The Kier molecular flexibility index (Phi) is 4.34. The van der Waals surface area contributed by atoms with Crippen molar-refractivity contribution < 1.29 is 10.0 Å². The first-order valence-electron chi connectivity index (χ1n) is 6.08. The summed E-state index contributed by atoms with van der Waals surface area (Å²) >= 11 is 5.16. The van der Waals surface area contributed by atoms with E-state index >= 15 is 0 Å². The normalized spacial score (nSPS) is 9.95. The van der Waals surface area contributed by atoms with Gasteiger partial charge in [-0.25, -0.2) is 0 Å². The zero-order chi connectivity index (χ0) is 15.4. The number of hydrogen-bond acceptors (Lipinski definition) is 4. The van der Waals surface area contributed by atoms with Crippen LogP contribution in [0.25, 0.3) is 0 Å². The lowest BCUT2D eigenvalue weighted by Gasteiger charge is -2.12. The number of anilines is 2. The summed E-state index contributed by atoms with van der Waals surface area (Å²) in [5, 5.41) is 26.2. The largest absolute Gasteiger partial charge is 0.508 e. The number of rotatable bonds is 3. The highest BCUT2D eigenvalue weighted by Gasteiger charge is 2.07. The van der Waals surface area contributed by atoms with Crippen LogP contribution in [0.2, 0.25) is 0 Å². The van der Waals surface area contributed by atoms with Crippen LogP contribution in [0.15, 0.2) is 42.5 Å². The van der Waals surface area contributed by atoms with Crippen molar-refractivity contribution in [2.24, 2.45) is 0 Å². The summed E-state index contributed by atoms with van der Waals surface area (Å²) in [6.45, 7) is 1.83. The van der Waals surface area contributed by atoms with Gasteiger partial charge in [0.25, 0.3) is 5.69 Å². The van der Waals surface area contributed by atoms with Crippen LogP contribution in [0.3, 0.4) is 0 Å². The summed E-state index contributed by atoms with van der Waals surface area (Å²) in [4.78, 5) is 10.2. The van der Waals surface area contributed by atoms with Crippen LogP contribution in [0.1, 0.15) is 5.56 Å². The number of nitrogens with zero attached hydrogens (tertiary/aromatic N) is 1. The second-order valence-corrected chi connectivity index (χ2v) is 4.79. The van der Waals surface area contributed by atoms with Crippen molar-refractivity contribution in [1.29, 1.82) is 0 Å². The van der Waals surface area contributed by atoms with Crippen molar-refractivity contribution in [1.82, 2.24) is 0 Å². The molecule has 0 saturated carbocycles. The molecular formula is C14H13N3O3S. The minimum absolute atomic E-state index is 0.0105. The van der Waals surface area contributed by atoms with Gasteiger partial charge in [-0.15, -0.1) is 0 Å². The van der Waals surface area contributed by atoms with E-state index < -0.39 is 4.92 Å². The average Bonchev–Trinajstić information content (AvgIpc) is 2.42. The predicted octanol–water partition coefficient (Wildman–Crippen LogP) is 3.42. The zero-order valence-electron chi connectivity index (χ0n) is 11.2. The van der Waals surface area contributed by atoms with Gasteiger partial charge in [-0.2, -0.15) is 0 Å². The Labute approximate surface area is 126 Å². The molecule has 0 spiro atoms. The minimum atomic E-state index is -0.466. The Balaban J connectivity index is 2.08. The molecule has 6 nitrogen and oxygen atoms in total. The molecule has 0 aromatic heterocycles. The minimum Gasteiger partial charge on any atom is -0.508 e. The van der Waals surface area contributed by atoms with E-state index in [9.17, 15) is 15.2 Å². The fraction of sp³-hybridized carbons (Fsp3) is 0.0714. The van der Waals surface area contributed by atoms with E-state index in [1.165, 1.54) is 12.1 Å². The molecule has 0 radical (unpaired) electrons. The number of aryl methyl sites for hydroxylation is 1. The fourth-order valence-corrected chi connectivity index (χ4v) is 2.00. The van der Waals surface area contributed by atoms with E-state index in [0.29, 0.717) is 10.8 Å². The maximum atomic E-state index is 10.7. The molecule has 0 aliphatic carbocycles. The first-order valence-corrected chi connectivity index (χ1v) is 6.48. The van der Waals surface area contributed by atoms with E-state index in [1.807, 2.05) is 6.92 Å². The van der Waals surface area contributed by atoms with Crippen LogP contribution in [0, 0.1) is 17.0 Å². The highest BCUT2D eigenvalue weighted by Crippen LogP contribution is 2.21. The molecule has 0 bridgehead atoms. The van der Waals surface area contributed by atoms with Gasteiger partial charge < -0.3 is 15.7 Å². The third-order valence-electron chi connectivity index (χ3n) is 2.77. The summed E-state index contributed by atoms with van der Waals surface area (Å²) in [7, 11) is 0. The van der Waals surface area contributed by atoms with Gasteiger partial charge in [0.1, 0.15) is 5.75 Å². The molecule has 0 amide bonds. The molecule has 2 rings (SSSR count). The molecule has 0 aliphatic rings. The summed E-state index contributed by atoms with van der Waals surface area (Å²) in [5.74, 6) is 0.176. The highest BCUT2D eigenvalue weighted by atomic mass is 32.1. The van der Waals surface area contributed by atoms with Gasteiger partial charge in [0.15, 0.2) is 5.11 Å². The van der Waals surface area contributed by atoms with Crippen molar-refractivity contribution in [2.75, 3.05) is 10.6 Å². The van der Waals surface area contributed by atoms with Gasteiger partial charge in [-0.3, -0.25) is 10.1 Å². The summed E-state index contributed by atoms with van der Waals surface area (Å²) in [6.07, 6.45) is 0. The van der Waals surface area contributed by atoms with Gasteiger partial charge in [-0.1, -0.05) is 6.07 Å².